The van der Waals surface area contributed by atoms with Crippen molar-refractivity contribution in [3.63, 3.8) is 0 Å². The van der Waals surface area contributed by atoms with E-state index in [1.807, 2.05) is 18.2 Å². The third-order valence-corrected chi connectivity index (χ3v) is 3.60. The number of aliphatic hydroxyl groups excluding tert-OH is 2. The minimum atomic E-state index is -0.429. The standard InChI is InChI=1S/C14H21NO2/c1-11(17)13-4-2-3-5-14(13)15-8-6-12(10-16)7-9-15/h2-5,11-12,16-17H,6-10H2,1H3/t11-/m1/s1. The summed E-state index contributed by atoms with van der Waals surface area (Å²) in [7, 11) is 0. The highest BCUT2D eigenvalue weighted by Crippen LogP contribution is 2.29. The Morgan fingerprint density at radius 2 is 1.94 bits per heavy atom. The van der Waals surface area contributed by atoms with Gasteiger partial charge in [-0.15, -0.1) is 0 Å². The fourth-order valence-corrected chi connectivity index (χ4v) is 2.49. The Bertz CT molecular complexity index is 357. The van der Waals surface area contributed by atoms with Gasteiger partial charge in [0.25, 0.3) is 0 Å². The molecule has 1 aliphatic heterocycles. The number of piperidine rings is 1. The molecule has 1 saturated heterocycles. The number of benzene rings is 1. The van der Waals surface area contributed by atoms with Gasteiger partial charge in [0.2, 0.25) is 0 Å². The van der Waals surface area contributed by atoms with Crippen molar-refractivity contribution in [2.45, 2.75) is 25.9 Å². The highest BCUT2D eigenvalue weighted by Gasteiger charge is 2.21. The van der Waals surface area contributed by atoms with E-state index in [1.54, 1.807) is 6.92 Å². The van der Waals surface area contributed by atoms with Crippen LogP contribution < -0.4 is 4.90 Å². The molecule has 0 saturated carbocycles. The molecule has 1 aromatic rings. The van der Waals surface area contributed by atoms with Crippen LogP contribution in [0.5, 0.6) is 0 Å². The summed E-state index contributed by atoms with van der Waals surface area (Å²) < 4.78 is 0. The molecule has 1 heterocycles. The summed E-state index contributed by atoms with van der Waals surface area (Å²) in [5.74, 6) is 0.449. The maximum Gasteiger partial charge on any atom is 0.0781 e. The Balaban J connectivity index is 2.13. The smallest absolute Gasteiger partial charge is 0.0781 e. The van der Waals surface area contributed by atoms with Crippen LogP contribution in [0.3, 0.4) is 0 Å². The molecule has 94 valence electrons. The van der Waals surface area contributed by atoms with Crippen LogP contribution in [0.4, 0.5) is 5.69 Å². The molecule has 3 heteroatoms. The third-order valence-electron chi connectivity index (χ3n) is 3.60. The Hall–Kier alpha value is -1.06. The third kappa shape index (κ3) is 2.79. The maximum atomic E-state index is 9.77. The van der Waals surface area contributed by atoms with Gasteiger partial charge in [0.1, 0.15) is 0 Å². The van der Waals surface area contributed by atoms with Gasteiger partial charge in [0.05, 0.1) is 6.10 Å². The van der Waals surface area contributed by atoms with Crippen molar-refractivity contribution in [3.8, 4) is 0 Å². The molecule has 0 amide bonds. The second-order valence-corrected chi connectivity index (χ2v) is 4.85. The first kappa shape index (κ1) is 12.4. The molecule has 1 aliphatic rings. The lowest BCUT2D eigenvalue weighted by Gasteiger charge is -2.34. The zero-order chi connectivity index (χ0) is 12.3. The van der Waals surface area contributed by atoms with Crippen LogP contribution in [0.2, 0.25) is 0 Å². The normalized spacial score (nSPS) is 19.4. The molecular formula is C14H21NO2. The summed E-state index contributed by atoms with van der Waals surface area (Å²) in [4.78, 5) is 2.31. The summed E-state index contributed by atoms with van der Waals surface area (Å²) in [6.07, 6.45) is 1.64. The highest BCUT2D eigenvalue weighted by atomic mass is 16.3. The molecule has 1 atom stereocenters. The fraction of sp³-hybridized carbons (Fsp3) is 0.571. The van der Waals surface area contributed by atoms with Crippen LogP contribution in [0, 0.1) is 5.92 Å². The summed E-state index contributed by atoms with van der Waals surface area (Å²) in [5.41, 5.74) is 2.13. The van der Waals surface area contributed by atoms with Gasteiger partial charge in [-0.3, -0.25) is 0 Å². The van der Waals surface area contributed by atoms with Crippen LogP contribution in [0.1, 0.15) is 31.4 Å². The van der Waals surface area contributed by atoms with Gasteiger partial charge in [-0.2, -0.15) is 0 Å². The van der Waals surface area contributed by atoms with Crippen molar-refractivity contribution in [1.82, 2.24) is 0 Å². The van der Waals surface area contributed by atoms with E-state index in [0.717, 1.165) is 37.2 Å². The van der Waals surface area contributed by atoms with Crippen molar-refractivity contribution in [3.05, 3.63) is 29.8 Å². The van der Waals surface area contributed by atoms with Crippen molar-refractivity contribution in [2.75, 3.05) is 24.6 Å². The summed E-state index contributed by atoms with van der Waals surface area (Å²) in [6, 6.07) is 8.03. The van der Waals surface area contributed by atoms with Crippen LogP contribution in [0.15, 0.2) is 24.3 Å². The minimum Gasteiger partial charge on any atom is -0.396 e. The van der Waals surface area contributed by atoms with E-state index in [2.05, 4.69) is 11.0 Å². The number of aliphatic hydroxyl groups is 2. The molecule has 0 spiro atoms. The molecule has 0 radical (unpaired) electrons. The largest absolute Gasteiger partial charge is 0.396 e. The van der Waals surface area contributed by atoms with Gasteiger partial charge < -0.3 is 15.1 Å². The molecule has 0 unspecified atom stereocenters. The van der Waals surface area contributed by atoms with E-state index in [1.165, 1.54) is 0 Å². The molecule has 17 heavy (non-hydrogen) atoms. The molecule has 2 N–H and O–H groups in total. The van der Waals surface area contributed by atoms with Crippen LogP contribution in [-0.2, 0) is 0 Å². The number of para-hydroxylation sites is 1. The molecule has 3 nitrogen and oxygen atoms in total. The van der Waals surface area contributed by atoms with Gasteiger partial charge in [-0.1, -0.05) is 18.2 Å². The predicted octanol–water partition coefficient (Wildman–Crippen LogP) is 1.95. The monoisotopic (exact) mass is 235 g/mol. The van der Waals surface area contributed by atoms with E-state index in [-0.39, 0.29) is 0 Å². The highest BCUT2D eigenvalue weighted by molar-refractivity contribution is 5.54. The van der Waals surface area contributed by atoms with Crippen molar-refractivity contribution in [1.29, 1.82) is 0 Å². The lowest BCUT2D eigenvalue weighted by atomic mass is 9.96. The number of rotatable bonds is 3. The number of hydrogen-bond acceptors (Lipinski definition) is 3. The zero-order valence-corrected chi connectivity index (χ0v) is 10.3. The van der Waals surface area contributed by atoms with Gasteiger partial charge in [-0.25, -0.2) is 0 Å². The SMILES string of the molecule is C[C@@H](O)c1ccccc1N1CCC(CO)CC1. The lowest BCUT2D eigenvalue weighted by molar-refractivity contribution is 0.196. The van der Waals surface area contributed by atoms with Gasteiger partial charge in [0, 0.05) is 30.9 Å². The molecule has 1 aromatic carbocycles. The summed E-state index contributed by atoms with van der Waals surface area (Å²) in [5, 5.41) is 18.9. The van der Waals surface area contributed by atoms with Crippen molar-refractivity contribution < 1.29 is 10.2 Å². The Morgan fingerprint density at radius 1 is 1.29 bits per heavy atom. The number of hydrogen-bond donors (Lipinski definition) is 2. The first-order valence-corrected chi connectivity index (χ1v) is 6.35. The van der Waals surface area contributed by atoms with E-state index < -0.39 is 6.10 Å². The van der Waals surface area contributed by atoms with Gasteiger partial charge in [-0.05, 0) is 31.7 Å². The lowest BCUT2D eigenvalue weighted by Crippen LogP contribution is -2.35. The first-order valence-electron chi connectivity index (χ1n) is 6.35. The summed E-state index contributed by atoms with van der Waals surface area (Å²) in [6.45, 7) is 4.04. The predicted molar refractivity (Wildman–Crippen MR) is 69.1 cm³/mol. The first-order chi connectivity index (χ1) is 8.22. The van der Waals surface area contributed by atoms with E-state index in [9.17, 15) is 5.11 Å². The molecule has 1 fully saturated rings. The quantitative estimate of drug-likeness (QED) is 0.841. The average molecular weight is 235 g/mol. The van der Waals surface area contributed by atoms with Crippen LogP contribution in [-0.4, -0.2) is 29.9 Å². The number of anilines is 1. The van der Waals surface area contributed by atoms with Crippen LogP contribution >= 0.6 is 0 Å². The second-order valence-electron chi connectivity index (χ2n) is 4.85. The molecule has 0 aromatic heterocycles. The van der Waals surface area contributed by atoms with E-state index in [0.29, 0.717) is 12.5 Å². The van der Waals surface area contributed by atoms with Crippen molar-refractivity contribution in [2.24, 2.45) is 5.92 Å². The number of nitrogens with zero attached hydrogens (tertiary/aromatic N) is 1. The van der Waals surface area contributed by atoms with Crippen LogP contribution in [0.25, 0.3) is 0 Å². The summed E-state index contributed by atoms with van der Waals surface area (Å²) >= 11 is 0. The van der Waals surface area contributed by atoms with Gasteiger partial charge in [0.15, 0.2) is 0 Å². The Kier molecular flexibility index (Phi) is 4.02. The molecule has 0 aliphatic carbocycles. The molecular weight excluding hydrogens is 214 g/mol. The second kappa shape index (κ2) is 5.52. The Morgan fingerprint density at radius 3 is 2.53 bits per heavy atom. The van der Waals surface area contributed by atoms with Gasteiger partial charge >= 0.3 is 0 Å². The molecule has 2 rings (SSSR count). The van der Waals surface area contributed by atoms with Crippen molar-refractivity contribution >= 4 is 5.69 Å². The average Bonchev–Trinajstić information content (AvgIpc) is 2.39. The fourth-order valence-electron chi connectivity index (χ4n) is 2.49. The topological polar surface area (TPSA) is 43.7 Å². The maximum absolute atomic E-state index is 9.77. The minimum absolute atomic E-state index is 0.298. The van der Waals surface area contributed by atoms with E-state index in [4.69, 9.17) is 5.11 Å². The zero-order valence-electron chi connectivity index (χ0n) is 10.3. The van der Waals surface area contributed by atoms with E-state index >= 15 is 0 Å². The molecule has 0 bridgehead atoms. The Labute approximate surface area is 103 Å².